The summed E-state index contributed by atoms with van der Waals surface area (Å²) >= 11 is 5.93. The molecule has 0 saturated carbocycles. The second-order valence-electron chi connectivity index (χ2n) is 5.03. The molecular formula is C14H20ClN3O2. The lowest BCUT2D eigenvalue weighted by atomic mass is 10.1. The van der Waals surface area contributed by atoms with Gasteiger partial charge in [-0.3, -0.25) is 9.69 Å². The largest absolute Gasteiger partial charge is 0.495 e. The zero-order valence-electron chi connectivity index (χ0n) is 11.6. The number of amides is 1. The van der Waals surface area contributed by atoms with Crippen LogP contribution in [0.5, 0.6) is 5.75 Å². The molecular weight excluding hydrogens is 278 g/mol. The first-order chi connectivity index (χ1) is 9.58. The van der Waals surface area contributed by atoms with Crippen molar-refractivity contribution in [2.75, 3.05) is 32.1 Å². The number of hydrogen-bond acceptors (Lipinski definition) is 4. The molecule has 5 nitrogen and oxygen atoms in total. The van der Waals surface area contributed by atoms with Crippen molar-refractivity contribution in [2.45, 2.75) is 18.9 Å². The van der Waals surface area contributed by atoms with Crippen LogP contribution in [-0.2, 0) is 4.79 Å². The molecule has 3 N–H and O–H groups in total. The normalized spacial score (nSPS) is 19.6. The number of nitrogens with one attached hydrogen (secondary N) is 1. The Balaban J connectivity index is 1.95. The van der Waals surface area contributed by atoms with E-state index in [1.165, 1.54) is 0 Å². The lowest BCUT2D eigenvalue weighted by molar-refractivity contribution is -0.117. The number of methoxy groups -OCH3 is 1. The van der Waals surface area contributed by atoms with Gasteiger partial charge in [-0.1, -0.05) is 11.6 Å². The summed E-state index contributed by atoms with van der Waals surface area (Å²) in [5, 5.41) is 3.39. The molecule has 2 rings (SSSR count). The van der Waals surface area contributed by atoms with Crippen LogP contribution in [-0.4, -0.2) is 43.6 Å². The van der Waals surface area contributed by atoms with Crippen LogP contribution >= 0.6 is 11.6 Å². The molecule has 0 radical (unpaired) electrons. The molecule has 1 aliphatic heterocycles. The molecule has 1 aromatic rings. The van der Waals surface area contributed by atoms with Gasteiger partial charge in [-0.15, -0.1) is 0 Å². The van der Waals surface area contributed by atoms with Gasteiger partial charge in [-0.05, 0) is 37.6 Å². The summed E-state index contributed by atoms with van der Waals surface area (Å²) in [7, 11) is 1.56. The smallest absolute Gasteiger partial charge is 0.238 e. The Morgan fingerprint density at radius 2 is 2.40 bits per heavy atom. The van der Waals surface area contributed by atoms with Gasteiger partial charge in [0.05, 0.1) is 19.3 Å². The molecule has 0 bridgehead atoms. The van der Waals surface area contributed by atoms with E-state index >= 15 is 0 Å². The molecule has 1 fully saturated rings. The van der Waals surface area contributed by atoms with Gasteiger partial charge in [-0.2, -0.15) is 0 Å². The Morgan fingerprint density at radius 3 is 3.10 bits per heavy atom. The monoisotopic (exact) mass is 297 g/mol. The predicted molar refractivity (Wildman–Crippen MR) is 80.3 cm³/mol. The Morgan fingerprint density at radius 1 is 1.60 bits per heavy atom. The van der Waals surface area contributed by atoms with E-state index in [9.17, 15) is 4.79 Å². The van der Waals surface area contributed by atoms with E-state index < -0.39 is 0 Å². The van der Waals surface area contributed by atoms with Crippen molar-refractivity contribution in [1.82, 2.24) is 4.90 Å². The van der Waals surface area contributed by atoms with Crippen molar-refractivity contribution in [1.29, 1.82) is 0 Å². The van der Waals surface area contributed by atoms with Crippen LogP contribution in [0.2, 0.25) is 5.02 Å². The summed E-state index contributed by atoms with van der Waals surface area (Å²) in [5.41, 5.74) is 6.50. The summed E-state index contributed by atoms with van der Waals surface area (Å²) in [4.78, 5) is 14.1. The Labute approximate surface area is 124 Å². The molecule has 1 saturated heterocycles. The molecule has 0 aliphatic carbocycles. The fourth-order valence-corrected chi connectivity index (χ4v) is 2.58. The highest BCUT2D eigenvalue weighted by Crippen LogP contribution is 2.27. The minimum atomic E-state index is -0.0836. The molecule has 0 unspecified atom stereocenters. The number of likely N-dealkylation sites (tertiary alicyclic amines) is 1. The average Bonchev–Trinajstić information content (AvgIpc) is 2.38. The number of halogens is 1. The van der Waals surface area contributed by atoms with E-state index in [0.717, 1.165) is 25.9 Å². The zero-order valence-corrected chi connectivity index (χ0v) is 12.3. The fourth-order valence-electron chi connectivity index (χ4n) is 2.41. The van der Waals surface area contributed by atoms with Crippen LogP contribution < -0.4 is 15.8 Å². The molecule has 0 spiro atoms. The zero-order chi connectivity index (χ0) is 14.5. The molecule has 1 aliphatic rings. The number of rotatable bonds is 4. The van der Waals surface area contributed by atoms with Crippen molar-refractivity contribution in [3.63, 3.8) is 0 Å². The minimum Gasteiger partial charge on any atom is -0.495 e. The van der Waals surface area contributed by atoms with E-state index in [1.807, 2.05) is 0 Å². The average molecular weight is 298 g/mol. The fraction of sp³-hybridized carbons (Fsp3) is 0.500. The topological polar surface area (TPSA) is 67.6 Å². The van der Waals surface area contributed by atoms with Crippen LogP contribution in [0, 0.1) is 0 Å². The lowest BCUT2D eigenvalue weighted by Gasteiger charge is -2.30. The second kappa shape index (κ2) is 6.92. The Bertz CT molecular complexity index is 481. The Hall–Kier alpha value is -1.30. The third-order valence-electron chi connectivity index (χ3n) is 3.34. The van der Waals surface area contributed by atoms with E-state index in [4.69, 9.17) is 22.1 Å². The standard InChI is InChI=1S/C14H20ClN3O2/c1-20-13-5-4-10(15)7-12(13)17-14(19)9-18-6-2-3-11(16)8-18/h4-5,7,11H,2-3,6,8-9,16H2,1H3,(H,17,19)/t11-/m1/s1. The second-order valence-corrected chi connectivity index (χ2v) is 5.47. The van der Waals surface area contributed by atoms with Crippen molar-refractivity contribution in [3.05, 3.63) is 23.2 Å². The van der Waals surface area contributed by atoms with Gasteiger partial charge in [0.25, 0.3) is 0 Å². The van der Waals surface area contributed by atoms with Crippen LogP contribution in [0.15, 0.2) is 18.2 Å². The number of piperidine rings is 1. The van der Waals surface area contributed by atoms with E-state index in [2.05, 4.69) is 10.2 Å². The molecule has 0 aromatic heterocycles. The third kappa shape index (κ3) is 4.10. The number of nitrogens with two attached hydrogens (primary N) is 1. The minimum absolute atomic E-state index is 0.0836. The highest BCUT2D eigenvalue weighted by Gasteiger charge is 2.19. The van der Waals surface area contributed by atoms with Crippen molar-refractivity contribution in [2.24, 2.45) is 5.73 Å². The van der Waals surface area contributed by atoms with Crippen LogP contribution in [0.25, 0.3) is 0 Å². The maximum absolute atomic E-state index is 12.1. The van der Waals surface area contributed by atoms with Crippen LogP contribution in [0.1, 0.15) is 12.8 Å². The van der Waals surface area contributed by atoms with Gasteiger partial charge >= 0.3 is 0 Å². The van der Waals surface area contributed by atoms with Crippen LogP contribution in [0.3, 0.4) is 0 Å². The molecule has 110 valence electrons. The number of ether oxygens (including phenoxy) is 1. The molecule has 6 heteroatoms. The first-order valence-corrected chi connectivity index (χ1v) is 7.07. The van der Waals surface area contributed by atoms with Gasteiger partial charge in [0.1, 0.15) is 5.75 Å². The molecule has 20 heavy (non-hydrogen) atoms. The summed E-state index contributed by atoms with van der Waals surface area (Å²) < 4.78 is 5.20. The predicted octanol–water partition coefficient (Wildman–Crippen LogP) is 1.71. The van der Waals surface area contributed by atoms with Gasteiger partial charge in [0.15, 0.2) is 0 Å². The van der Waals surface area contributed by atoms with Gasteiger partial charge in [0.2, 0.25) is 5.91 Å². The first-order valence-electron chi connectivity index (χ1n) is 6.70. The quantitative estimate of drug-likeness (QED) is 0.888. The van der Waals surface area contributed by atoms with Crippen molar-refractivity contribution >= 4 is 23.2 Å². The summed E-state index contributed by atoms with van der Waals surface area (Å²) in [6.07, 6.45) is 2.06. The third-order valence-corrected chi connectivity index (χ3v) is 3.58. The maximum Gasteiger partial charge on any atom is 0.238 e. The molecule has 1 aromatic carbocycles. The lowest BCUT2D eigenvalue weighted by Crippen LogP contribution is -2.45. The highest BCUT2D eigenvalue weighted by molar-refractivity contribution is 6.31. The number of benzene rings is 1. The summed E-state index contributed by atoms with van der Waals surface area (Å²) in [6.45, 7) is 2.01. The van der Waals surface area contributed by atoms with Gasteiger partial charge < -0.3 is 15.8 Å². The van der Waals surface area contributed by atoms with Crippen molar-refractivity contribution in [3.8, 4) is 5.75 Å². The molecule has 1 heterocycles. The Kier molecular flexibility index (Phi) is 5.23. The molecule has 1 atom stereocenters. The number of nitrogens with zero attached hydrogens (tertiary/aromatic N) is 1. The number of hydrogen-bond donors (Lipinski definition) is 2. The number of carbonyl (C=O) groups is 1. The van der Waals surface area contributed by atoms with Gasteiger partial charge in [-0.25, -0.2) is 0 Å². The van der Waals surface area contributed by atoms with Crippen LogP contribution in [0.4, 0.5) is 5.69 Å². The van der Waals surface area contributed by atoms with E-state index in [0.29, 0.717) is 23.0 Å². The summed E-state index contributed by atoms with van der Waals surface area (Å²) in [5.74, 6) is 0.512. The first kappa shape index (κ1) is 15.1. The summed E-state index contributed by atoms with van der Waals surface area (Å²) in [6, 6.07) is 5.30. The number of anilines is 1. The van der Waals surface area contributed by atoms with E-state index in [1.54, 1.807) is 25.3 Å². The molecule has 1 amide bonds. The SMILES string of the molecule is COc1ccc(Cl)cc1NC(=O)CN1CCC[C@@H](N)C1. The van der Waals surface area contributed by atoms with Crippen molar-refractivity contribution < 1.29 is 9.53 Å². The highest BCUT2D eigenvalue weighted by atomic mass is 35.5. The maximum atomic E-state index is 12.1. The van der Waals surface area contributed by atoms with Gasteiger partial charge in [0, 0.05) is 17.6 Å². The van der Waals surface area contributed by atoms with E-state index in [-0.39, 0.29) is 11.9 Å². The number of carbonyl (C=O) groups excluding carboxylic acids is 1.